The van der Waals surface area contributed by atoms with E-state index < -0.39 is 8.80 Å². The molecule has 5 heteroatoms. The zero-order chi connectivity index (χ0) is 13.7. The highest BCUT2D eigenvalue weighted by Gasteiger charge is 2.65. The topological polar surface area (TPSA) is 40.2 Å². The second-order valence-electron chi connectivity index (χ2n) is 5.32. The zero-order valence-corrected chi connectivity index (χ0v) is 13.5. The van der Waals surface area contributed by atoms with Crippen molar-refractivity contribution in [1.82, 2.24) is 0 Å². The molecule has 4 nitrogen and oxygen atoms in total. The highest BCUT2D eigenvalue weighted by molar-refractivity contribution is 6.63. The summed E-state index contributed by atoms with van der Waals surface area (Å²) in [5.74, 6) is 0.687. The number of epoxide rings is 1. The van der Waals surface area contributed by atoms with Crippen molar-refractivity contribution < 1.29 is 18.0 Å². The van der Waals surface area contributed by atoms with Gasteiger partial charge in [-0.2, -0.15) is 0 Å². The van der Waals surface area contributed by atoms with Crippen molar-refractivity contribution in [3.8, 4) is 0 Å². The fourth-order valence-electron chi connectivity index (χ4n) is 3.20. The lowest BCUT2D eigenvalue weighted by Gasteiger charge is -2.28. The van der Waals surface area contributed by atoms with Gasteiger partial charge in [-0.25, -0.2) is 0 Å². The maximum absolute atomic E-state index is 5.97. The molecule has 1 aliphatic heterocycles. The molecule has 2 aliphatic rings. The van der Waals surface area contributed by atoms with Gasteiger partial charge >= 0.3 is 8.80 Å². The molecule has 0 bridgehead atoms. The Balaban J connectivity index is 1.98. The van der Waals surface area contributed by atoms with Gasteiger partial charge in [0.15, 0.2) is 5.73 Å². The molecule has 0 amide bonds. The molecule has 0 radical (unpaired) electrons. The molecule has 1 aliphatic carbocycles. The third kappa shape index (κ3) is 3.58. The molecule has 1 saturated carbocycles. The van der Waals surface area contributed by atoms with Crippen LogP contribution in [0.4, 0.5) is 0 Å². The second kappa shape index (κ2) is 7.18. The first-order valence-corrected chi connectivity index (χ1v) is 9.65. The standard InChI is InChI=1S/C14H28O4Si/c1-4-15-19(16-5-2,17-6-3)14-13(18-14)12-10-8-7-9-11-12/h12-14H,4-11H2,1-3H3. The summed E-state index contributed by atoms with van der Waals surface area (Å²) in [6, 6.07) is 0. The number of ether oxygens (including phenoxy) is 1. The minimum Gasteiger partial charge on any atom is -0.372 e. The van der Waals surface area contributed by atoms with Gasteiger partial charge in [-0.15, -0.1) is 0 Å². The van der Waals surface area contributed by atoms with Crippen LogP contribution in [-0.4, -0.2) is 40.5 Å². The van der Waals surface area contributed by atoms with E-state index in [1.165, 1.54) is 32.1 Å². The largest absolute Gasteiger partial charge is 0.534 e. The maximum atomic E-state index is 5.97. The van der Waals surface area contributed by atoms with Gasteiger partial charge in [-0.3, -0.25) is 0 Å². The van der Waals surface area contributed by atoms with Crippen LogP contribution in [0.15, 0.2) is 0 Å². The zero-order valence-electron chi connectivity index (χ0n) is 12.5. The Bertz CT molecular complexity index is 251. The van der Waals surface area contributed by atoms with Crippen molar-refractivity contribution in [3.05, 3.63) is 0 Å². The normalized spacial score (nSPS) is 28.6. The van der Waals surface area contributed by atoms with Crippen LogP contribution in [0.5, 0.6) is 0 Å². The lowest BCUT2D eigenvalue weighted by atomic mass is 9.87. The molecular weight excluding hydrogens is 260 g/mol. The lowest BCUT2D eigenvalue weighted by molar-refractivity contribution is 0.0609. The monoisotopic (exact) mass is 288 g/mol. The van der Waals surface area contributed by atoms with Gasteiger partial charge in [-0.05, 0) is 39.5 Å². The minimum absolute atomic E-state index is 0.0791. The van der Waals surface area contributed by atoms with Gasteiger partial charge < -0.3 is 18.0 Å². The van der Waals surface area contributed by atoms with Crippen LogP contribution in [0.3, 0.4) is 0 Å². The molecule has 112 valence electrons. The molecule has 0 aromatic carbocycles. The van der Waals surface area contributed by atoms with E-state index in [4.69, 9.17) is 18.0 Å². The van der Waals surface area contributed by atoms with Gasteiger partial charge in [-0.1, -0.05) is 19.3 Å². The molecule has 2 unspecified atom stereocenters. The van der Waals surface area contributed by atoms with E-state index in [9.17, 15) is 0 Å². The van der Waals surface area contributed by atoms with Crippen molar-refractivity contribution in [1.29, 1.82) is 0 Å². The van der Waals surface area contributed by atoms with E-state index in [1.807, 2.05) is 20.8 Å². The Morgan fingerprint density at radius 3 is 1.89 bits per heavy atom. The summed E-state index contributed by atoms with van der Waals surface area (Å²) in [6.45, 7) is 7.88. The lowest BCUT2D eigenvalue weighted by Crippen LogP contribution is -2.53. The smallest absolute Gasteiger partial charge is 0.372 e. The molecule has 0 aromatic rings. The van der Waals surface area contributed by atoms with E-state index in [0.29, 0.717) is 31.8 Å². The summed E-state index contributed by atoms with van der Waals surface area (Å²) in [6.07, 6.45) is 6.94. The number of rotatable bonds is 8. The quantitative estimate of drug-likeness (QED) is 0.508. The fourth-order valence-corrected chi connectivity index (χ4v) is 6.15. The summed E-state index contributed by atoms with van der Waals surface area (Å²) in [5, 5.41) is 0. The first-order valence-electron chi connectivity index (χ1n) is 7.84. The van der Waals surface area contributed by atoms with Crippen LogP contribution in [0.1, 0.15) is 52.9 Å². The molecule has 0 spiro atoms. The molecule has 2 fully saturated rings. The molecule has 2 atom stereocenters. The Morgan fingerprint density at radius 2 is 1.42 bits per heavy atom. The van der Waals surface area contributed by atoms with Crippen LogP contribution >= 0.6 is 0 Å². The molecule has 0 aromatic heterocycles. The molecule has 1 heterocycles. The Labute approximate surface area is 118 Å². The Morgan fingerprint density at radius 1 is 0.895 bits per heavy atom. The Kier molecular flexibility index (Phi) is 5.83. The van der Waals surface area contributed by atoms with Gasteiger partial charge in [0, 0.05) is 19.8 Å². The summed E-state index contributed by atoms with van der Waals surface area (Å²) in [4.78, 5) is 0. The van der Waals surface area contributed by atoms with Crippen molar-refractivity contribution in [3.63, 3.8) is 0 Å². The van der Waals surface area contributed by atoms with Crippen molar-refractivity contribution >= 4 is 8.80 Å². The van der Waals surface area contributed by atoms with Gasteiger partial charge in [0.05, 0.1) is 6.10 Å². The van der Waals surface area contributed by atoms with Gasteiger partial charge in [0.1, 0.15) is 0 Å². The number of hydrogen-bond acceptors (Lipinski definition) is 4. The van der Waals surface area contributed by atoms with Crippen LogP contribution < -0.4 is 0 Å². The fraction of sp³-hybridized carbons (Fsp3) is 1.00. The minimum atomic E-state index is -2.63. The van der Waals surface area contributed by atoms with E-state index in [0.717, 1.165) is 0 Å². The number of hydrogen-bond donors (Lipinski definition) is 0. The molecule has 0 N–H and O–H groups in total. The third-order valence-corrected chi connectivity index (χ3v) is 7.26. The van der Waals surface area contributed by atoms with E-state index in [1.54, 1.807) is 0 Å². The average molecular weight is 288 g/mol. The van der Waals surface area contributed by atoms with Crippen LogP contribution in [0.25, 0.3) is 0 Å². The predicted molar refractivity (Wildman–Crippen MR) is 75.9 cm³/mol. The van der Waals surface area contributed by atoms with E-state index in [2.05, 4.69) is 0 Å². The van der Waals surface area contributed by atoms with E-state index >= 15 is 0 Å². The molecule has 1 saturated heterocycles. The Hall–Kier alpha value is 0.0569. The average Bonchev–Trinajstić information content (AvgIpc) is 3.21. The highest BCUT2D eigenvalue weighted by Crippen LogP contribution is 2.43. The van der Waals surface area contributed by atoms with Crippen molar-refractivity contribution in [2.45, 2.75) is 64.7 Å². The molecule has 19 heavy (non-hydrogen) atoms. The summed E-state index contributed by atoms with van der Waals surface area (Å²) in [7, 11) is -2.63. The van der Waals surface area contributed by atoms with Crippen LogP contribution in [0, 0.1) is 5.92 Å². The van der Waals surface area contributed by atoms with Gasteiger partial charge in [0.2, 0.25) is 0 Å². The SMILES string of the molecule is CCO[Si](OCC)(OCC)C1OC1C1CCCCC1. The van der Waals surface area contributed by atoms with Crippen molar-refractivity contribution in [2.24, 2.45) is 5.92 Å². The first kappa shape index (κ1) is 15.4. The van der Waals surface area contributed by atoms with Gasteiger partial charge in [0.25, 0.3) is 0 Å². The summed E-state index contributed by atoms with van der Waals surface area (Å²) in [5.41, 5.74) is 0.0791. The molecular formula is C14H28O4Si. The predicted octanol–water partition coefficient (Wildman–Crippen LogP) is 2.92. The second-order valence-corrected chi connectivity index (χ2v) is 7.96. The first-order chi connectivity index (χ1) is 9.27. The maximum Gasteiger partial charge on any atom is 0.534 e. The third-order valence-electron chi connectivity index (χ3n) is 4.02. The van der Waals surface area contributed by atoms with E-state index in [-0.39, 0.29) is 5.73 Å². The van der Waals surface area contributed by atoms with Crippen LogP contribution in [-0.2, 0) is 18.0 Å². The summed E-state index contributed by atoms with van der Waals surface area (Å²) >= 11 is 0. The van der Waals surface area contributed by atoms with Crippen LogP contribution in [0.2, 0.25) is 0 Å². The molecule has 2 rings (SSSR count). The highest BCUT2D eigenvalue weighted by atomic mass is 28.4. The van der Waals surface area contributed by atoms with Crippen molar-refractivity contribution in [2.75, 3.05) is 19.8 Å². The summed E-state index contributed by atoms with van der Waals surface area (Å²) < 4.78 is 23.7.